The van der Waals surface area contributed by atoms with Crippen molar-refractivity contribution in [1.82, 2.24) is 20.1 Å². The van der Waals surface area contributed by atoms with Crippen LogP contribution in [0.2, 0.25) is 0 Å². The van der Waals surface area contributed by atoms with Gasteiger partial charge >= 0.3 is 0 Å². The van der Waals surface area contributed by atoms with E-state index >= 15 is 0 Å². The highest BCUT2D eigenvalue weighted by Crippen LogP contribution is 2.23. The number of carbonyl (C=O) groups is 1. The van der Waals surface area contributed by atoms with E-state index in [1.165, 1.54) is 6.33 Å². The molecule has 2 aromatic rings. The van der Waals surface area contributed by atoms with Crippen LogP contribution < -0.4 is 10.1 Å². The molecule has 0 saturated carbocycles. The lowest BCUT2D eigenvalue weighted by Gasteiger charge is -2.14. The summed E-state index contributed by atoms with van der Waals surface area (Å²) < 4.78 is 7.93. The minimum Gasteiger partial charge on any atom is -0.483 e. The Morgan fingerprint density at radius 2 is 2.30 bits per heavy atom. The largest absolute Gasteiger partial charge is 0.483 e. The molecule has 0 spiro atoms. The molecular weight excluding hydrogens is 324 g/mol. The fourth-order valence-corrected chi connectivity index (χ4v) is 2.07. The van der Waals surface area contributed by atoms with Crippen LogP contribution in [0.5, 0.6) is 5.75 Å². The molecule has 7 heteroatoms. The van der Waals surface area contributed by atoms with Crippen LogP contribution >= 0.6 is 15.9 Å². The van der Waals surface area contributed by atoms with Crippen LogP contribution in [0.4, 0.5) is 0 Å². The molecule has 20 heavy (non-hydrogen) atoms. The summed E-state index contributed by atoms with van der Waals surface area (Å²) in [6.45, 7) is 2.45. The molecule has 0 aliphatic heterocycles. The van der Waals surface area contributed by atoms with Gasteiger partial charge < -0.3 is 10.1 Å². The second-order valence-corrected chi connectivity index (χ2v) is 5.16. The maximum Gasteiger partial charge on any atom is 0.258 e. The Kier molecular flexibility index (Phi) is 5.11. The molecule has 2 rings (SSSR count). The molecule has 0 bridgehead atoms. The summed E-state index contributed by atoms with van der Waals surface area (Å²) in [5, 5.41) is 6.83. The van der Waals surface area contributed by atoms with Gasteiger partial charge in [-0.3, -0.25) is 9.48 Å². The molecule has 0 radical (unpaired) electrons. The number of rotatable bonds is 6. The van der Waals surface area contributed by atoms with Gasteiger partial charge in [-0.1, -0.05) is 12.1 Å². The monoisotopic (exact) mass is 338 g/mol. The smallest absolute Gasteiger partial charge is 0.258 e. The molecule has 1 amide bonds. The predicted molar refractivity (Wildman–Crippen MR) is 77.3 cm³/mol. The third-order valence-electron chi connectivity index (χ3n) is 2.53. The maximum absolute atomic E-state index is 11.8. The molecule has 0 saturated heterocycles. The Morgan fingerprint density at radius 3 is 3.00 bits per heavy atom. The molecule has 1 aromatic heterocycles. The second-order valence-electron chi connectivity index (χ2n) is 4.31. The first kappa shape index (κ1) is 14.5. The number of aromatic nitrogens is 3. The van der Waals surface area contributed by atoms with Crippen LogP contribution in [0.15, 0.2) is 41.4 Å². The van der Waals surface area contributed by atoms with Gasteiger partial charge in [0.25, 0.3) is 5.91 Å². The van der Waals surface area contributed by atoms with Gasteiger partial charge in [-0.25, -0.2) is 4.98 Å². The van der Waals surface area contributed by atoms with Gasteiger partial charge in [0, 0.05) is 6.04 Å². The SMILES string of the molecule is C[C@H](Cn1cncn1)NC(=O)COc1ccccc1Br. The molecule has 0 fully saturated rings. The topological polar surface area (TPSA) is 69.0 Å². The number of benzene rings is 1. The quantitative estimate of drug-likeness (QED) is 0.868. The lowest BCUT2D eigenvalue weighted by atomic mass is 10.3. The average Bonchev–Trinajstić information content (AvgIpc) is 2.90. The van der Waals surface area contributed by atoms with Crippen molar-refractivity contribution >= 4 is 21.8 Å². The van der Waals surface area contributed by atoms with Crippen molar-refractivity contribution in [3.63, 3.8) is 0 Å². The molecule has 106 valence electrons. The highest BCUT2D eigenvalue weighted by atomic mass is 79.9. The van der Waals surface area contributed by atoms with Crippen LogP contribution in [0.3, 0.4) is 0 Å². The van der Waals surface area contributed by atoms with Crippen LogP contribution in [0.1, 0.15) is 6.92 Å². The zero-order chi connectivity index (χ0) is 14.4. The van der Waals surface area contributed by atoms with E-state index in [1.54, 1.807) is 17.1 Å². The van der Waals surface area contributed by atoms with Gasteiger partial charge in [0.05, 0.1) is 11.0 Å². The first-order chi connectivity index (χ1) is 9.65. The number of ether oxygens (including phenoxy) is 1. The van der Waals surface area contributed by atoms with Gasteiger partial charge in [-0.05, 0) is 35.0 Å². The fraction of sp³-hybridized carbons (Fsp3) is 0.308. The Bertz CT molecular complexity index is 559. The summed E-state index contributed by atoms with van der Waals surface area (Å²) in [4.78, 5) is 15.6. The van der Waals surface area contributed by atoms with Gasteiger partial charge in [0.15, 0.2) is 6.61 Å². The predicted octanol–water partition coefficient (Wildman–Crippen LogP) is 1.62. The molecule has 0 aliphatic rings. The van der Waals surface area contributed by atoms with E-state index in [0.29, 0.717) is 12.3 Å². The number of para-hydroxylation sites is 1. The van der Waals surface area contributed by atoms with Crippen molar-refractivity contribution in [3.05, 3.63) is 41.4 Å². The standard InChI is InChI=1S/C13H15BrN4O2/c1-10(6-18-9-15-8-16-18)17-13(19)7-20-12-5-3-2-4-11(12)14/h2-5,8-10H,6-7H2,1H3,(H,17,19)/t10-/m1/s1. The normalized spacial score (nSPS) is 11.9. The van der Waals surface area contributed by atoms with E-state index in [4.69, 9.17) is 4.74 Å². The number of hydrogen-bond acceptors (Lipinski definition) is 4. The highest BCUT2D eigenvalue weighted by Gasteiger charge is 2.09. The molecule has 1 heterocycles. The van der Waals surface area contributed by atoms with Gasteiger partial charge in [0.2, 0.25) is 0 Å². The first-order valence-corrected chi connectivity index (χ1v) is 6.93. The van der Waals surface area contributed by atoms with E-state index in [2.05, 4.69) is 31.3 Å². The van der Waals surface area contributed by atoms with Crippen LogP contribution in [0, 0.1) is 0 Å². The van der Waals surface area contributed by atoms with Gasteiger partial charge in [0.1, 0.15) is 18.4 Å². The Balaban J connectivity index is 1.76. The van der Waals surface area contributed by atoms with Gasteiger partial charge in [-0.2, -0.15) is 5.10 Å². The molecular formula is C13H15BrN4O2. The fourth-order valence-electron chi connectivity index (χ4n) is 1.67. The van der Waals surface area contributed by atoms with E-state index in [0.717, 1.165) is 4.47 Å². The zero-order valence-corrected chi connectivity index (χ0v) is 12.6. The number of nitrogens with zero attached hydrogens (tertiary/aromatic N) is 3. The second kappa shape index (κ2) is 7.04. The Labute approximate surface area is 125 Å². The minimum absolute atomic E-state index is 0.0235. The molecule has 1 N–H and O–H groups in total. The van der Waals surface area contributed by atoms with E-state index < -0.39 is 0 Å². The summed E-state index contributed by atoms with van der Waals surface area (Å²) in [6, 6.07) is 7.35. The molecule has 0 aliphatic carbocycles. The van der Waals surface area contributed by atoms with Crippen LogP contribution in [-0.2, 0) is 11.3 Å². The third-order valence-corrected chi connectivity index (χ3v) is 3.19. The van der Waals surface area contributed by atoms with Crippen LogP contribution in [0.25, 0.3) is 0 Å². The summed E-state index contributed by atoms with van der Waals surface area (Å²) in [5.74, 6) is 0.472. The number of amides is 1. The average molecular weight is 339 g/mol. The Hall–Kier alpha value is -1.89. The lowest BCUT2D eigenvalue weighted by molar-refractivity contribution is -0.123. The molecule has 1 aromatic carbocycles. The summed E-state index contributed by atoms with van der Waals surface area (Å²) >= 11 is 3.36. The maximum atomic E-state index is 11.8. The van der Waals surface area contributed by atoms with E-state index in [9.17, 15) is 4.79 Å². The van der Waals surface area contributed by atoms with Crippen molar-refractivity contribution in [3.8, 4) is 5.75 Å². The Morgan fingerprint density at radius 1 is 1.50 bits per heavy atom. The number of hydrogen-bond donors (Lipinski definition) is 1. The van der Waals surface area contributed by atoms with Crippen molar-refractivity contribution < 1.29 is 9.53 Å². The third kappa shape index (κ3) is 4.34. The minimum atomic E-state index is -0.173. The van der Waals surface area contributed by atoms with Crippen LogP contribution in [-0.4, -0.2) is 33.3 Å². The summed E-state index contributed by atoms with van der Waals surface area (Å²) in [5.41, 5.74) is 0. The molecule has 1 atom stereocenters. The molecule has 6 nitrogen and oxygen atoms in total. The van der Waals surface area contributed by atoms with Crippen molar-refractivity contribution in [2.75, 3.05) is 6.61 Å². The summed E-state index contributed by atoms with van der Waals surface area (Å²) in [7, 11) is 0. The molecule has 0 unspecified atom stereocenters. The number of halogens is 1. The summed E-state index contributed by atoms with van der Waals surface area (Å²) in [6.07, 6.45) is 3.07. The van der Waals surface area contributed by atoms with E-state index in [1.807, 2.05) is 25.1 Å². The first-order valence-electron chi connectivity index (χ1n) is 6.14. The number of nitrogens with one attached hydrogen (secondary N) is 1. The lowest BCUT2D eigenvalue weighted by Crippen LogP contribution is -2.38. The number of carbonyl (C=O) groups excluding carboxylic acids is 1. The van der Waals surface area contributed by atoms with Gasteiger partial charge in [-0.15, -0.1) is 0 Å². The van der Waals surface area contributed by atoms with Crippen molar-refractivity contribution in [2.24, 2.45) is 0 Å². The van der Waals surface area contributed by atoms with Crippen molar-refractivity contribution in [2.45, 2.75) is 19.5 Å². The highest BCUT2D eigenvalue weighted by molar-refractivity contribution is 9.10. The van der Waals surface area contributed by atoms with Crippen molar-refractivity contribution in [1.29, 1.82) is 0 Å². The zero-order valence-electron chi connectivity index (χ0n) is 11.0. The van der Waals surface area contributed by atoms with E-state index in [-0.39, 0.29) is 18.6 Å².